The molecule has 1 aromatic carbocycles. The van der Waals surface area contributed by atoms with Crippen LogP contribution in [0, 0.1) is 0 Å². The zero-order valence-electron chi connectivity index (χ0n) is 13.7. The molecule has 1 aliphatic rings. The zero-order valence-corrected chi connectivity index (χ0v) is 13.7. The average Bonchev–Trinajstić information content (AvgIpc) is 2.77. The fourth-order valence-electron chi connectivity index (χ4n) is 3.12. The number of carboxylic acid groups (broad SMARTS) is 1. The third-order valence-electron chi connectivity index (χ3n) is 4.16. The van der Waals surface area contributed by atoms with Crippen molar-refractivity contribution in [1.82, 2.24) is 15.2 Å². The van der Waals surface area contributed by atoms with Gasteiger partial charge >= 0.3 is 12.2 Å². The fraction of sp³-hybridized carbons (Fsp3) is 0.294. The van der Waals surface area contributed by atoms with Crippen LogP contribution in [0.15, 0.2) is 24.4 Å². The predicted molar refractivity (Wildman–Crippen MR) is 90.5 cm³/mol. The number of ether oxygens (including phenoxy) is 1. The summed E-state index contributed by atoms with van der Waals surface area (Å²) >= 11 is 0. The van der Waals surface area contributed by atoms with E-state index in [2.05, 4.69) is 24.5 Å². The molecule has 0 fully saturated rings. The van der Waals surface area contributed by atoms with Gasteiger partial charge in [-0.1, -0.05) is 13.8 Å². The normalized spacial score (nSPS) is 15.3. The Morgan fingerprint density at radius 2 is 2.12 bits per heavy atom. The molecule has 0 radical (unpaired) electrons. The molecule has 7 heteroatoms. The summed E-state index contributed by atoms with van der Waals surface area (Å²) in [6.07, 6.45) is 1.83. The second kappa shape index (κ2) is 5.59. The van der Waals surface area contributed by atoms with Crippen molar-refractivity contribution in [1.29, 1.82) is 0 Å². The molecule has 7 nitrogen and oxygen atoms in total. The molecular weight excluding hydrogens is 310 g/mol. The first-order chi connectivity index (χ1) is 11.3. The number of fused-ring (bicyclic) bond motifs is 3. The van der Waals surface area contributed by atoms with Gasteiger partial charge in [-0.05, 0) is 30.0 Å². The van der Waals surface area contributed by atoms with Crippen LogP contribution in [0.25, 0.3) is 17.0 Å². The molecule has 0 saturated carbocycles. The smallest absolute Gasteiger partial charge is 0.416 e. The van der Waals surface area contributed by atoms with Crippen molar-refractivity contribution >= 4 is 29.2 Å². The molecule has 0 saturated heterocycles. The second-order valence-electron chi connectivity index (χ2n) is 6.29. The van der Waals surface area contributed by atoms with Gasteiger partial charge in [-0.3, -0.25) is 0 Å². The van der Waals surface area contributed by atoms with Gasteiger partial charge in [0.25, 0.3) is 0 Å². The van der Waals surface area contributed by atoms with Gasteiger partial charge in [-0.2, -0.15) is 0 Å². The Morgan fingerprint density at radius 1 is 1.38 bits per heavy atom. The van der Waals surface area contributed by atoms with Crippen molar-refractivity contribution in [3.8, 4) is 5.75 Å². The molecule has 2 aromatic rings. The van der Waals surface area contributed by atoms with Crippen molar-refractivity contribution in [3.05, 3.63) is 35.7 Å². The van der Waals surface area contributed by atoms with Gasteiger partial charge in [0.15, 0.2) is 0 Å². The maximum atomic E-state index is 11.8. The van der Waals surface area contributed by atoms with Gasteiger partial charge in [0, 0.05) is 30.5 Å². The Balaban J connectivity index is 2.30. The van der Waals surface area contributed by atoms with Crippen molar-refractivity contribution in [2.75, 3.05) is 13.6 Å². The monoisotopic (exact) mass is 329 g/mol. The molecule has 1 aliphatic heterocycles. The van der Waals surface area contributed by atoms with E-state index >= 15 is 0 Å². The molecule has 0 aliphatic carbocycles. The number of rotatable bonds is 1. The van der Waals surface area contributed by atoms with E-state index in [0.29, 0.717) is 17.8 Å². The van der Waals surface area contributed by atoms with E-state index in [1.807, 2.05) is 0 Å². The summed E-state index contributed by atoms with van der Waals surface area (Å²) < 4.78 is 6.36. The highest BCUT2D eigenvalue weighted by molar-refractivity contribution is 5.97. The third kappa shape index (κ3) is 2.47. The van der Waals surface area contributed by atoms with Gasteiger partial charge in [-0.15, -0.1) is 0 Å². The molecule has 126 valence electrons. The van der Waals surface area contributed by atoms with E-state index in [9.17, 15) is 14.7 Å². The summed E-state index contributed by atoms with van der Waals surface area (Å²) in [5.74, 6) is 0.289. The van der Waals surface area contributed by atoms with Gasteiger partial charge in [0.1, 0.15) is 5.75 Å². The van der Waals surface area contributed by atoms with Crippen molar-refractivity contribution in [3.63, 3.8) is 0 Å². The number of aromatic nitrogens is 1. The van der Waals surface area contributed by atoms with Crippen LogP contribution in [-0.4, -0.2) is 35.5 Å². The lowest BCUT2D eigenvalue weighted by molar-refractivity contribution is 0.197. The van der Waals surface area contributed by atoms with Crippen LogP contribution in [0.4, 0.5) is 9.59 Å². The fourth-order valence-corrected chi connectivity index (χ4v) is 3.12. The Bertz CT molecular complexity index is 864. The first-order valence-corrected chi connectivity index (χ1v) is 7.57. The molecule has 0 spiro atoms. The lowest BCUT2D eigenvalue weighted by Crippen LogP contribution is -2.29. The number of nitrogens with one attached hydrogen (secondary N) is 2. The Labute approximate surface area is 138 Å². The van der Waals surface area contributed by atoms with Crippen LogP contribution in [0.1, 0.15) is 25.1 Å². The highest BCUT2D eigenvalue weighted by Gasteiger charge is 2.32. The topological polar surface area (TPSA) is 92.6 Å². The van der Waals surface area contributed by atoms with Crippen molar-refractivity contribution < 1.29 is 19.4 Å². The maximum absolute atomic E-state index is 11.8. The van der Waals surface area contributed by atoms with Crippen LogP contribution in [0.2, 0.25) is 0 Å². The quantitative estimate of drug-likeness (QED) is 0.748. The number of benzene rings is 1. The second-order valence-corrected chi connectivity index (χ2v) is 6.29. The number of carbonyl (C=O) groups is 2. The van der Waals surface area contributed by atoms with Crippen LogP contribution in [0.5, 0.6) is 5.75 Å². The Kier molecular flexibility index (Phi) is 3.71. The number of hydrogen-bond acceptors (Lipinski definition) is 4. The first-order valence-electron chi connectivity index (χ1n) is 7.57. The number of hydrogen-bond donors (Lipinski definition) is 3. The van der Waals surface area contributed by atoms with Gasteiger partial charge in [0.05, 0.1) is 11.2 Å². The third-order valence-corrected chi connectivity index (χ3v) is 4.16. The molecular formula is C17H19N3O4. The summed E-state index contributed by atoms with van der Waals surface area (Å²) in [5.41, 5.74) is 1.80. The number of carbonyl (C=O) groups excluding carboxylic acids is 1. The molecule has 1 amide bonds. The minimum atomic E-state index is -1.08. The number of amides is 1. The molecule has 1 aromatic heterocycles. The summed E-state index contributed by atoms with van der Waals surface area (Å²) in [6, 6.07) is 5.04. The minimum absolute atomic E-state index is 0.263. The lowest BCUT2D eigenvalue weighted by Gasteiger charge is -2.24. The maximum Gasteiger partial charge on any atom is 0.416 e. The molecule has 0 atom stereocenters. The summed E-state index contributed by atoms with van der Waals surface area (Å²) in [7, 11) is 1.46. The van der Waals surface area contributed by atoms with Crippen molar-refractivity contribution in [2.24, 2.45) is 0 Å². The van der Waals surface area contributed by atoms with Crippen molar-refractivity contribution in [2.45, 2.75) is 19.3 Å². The molecule has 2 heterocycles. The van der Waals surface area contributed by atoms with Crippen LogP contribution in [-0.2, 0) is 5.41 Å². The molecule has 3 rings (SSSR count). The zero-order chi connectivity index (χ0) is 17.5. The van der Waals surface area contributed by atoms with Crippen LogP contribution in [0.3, 0.4) is 0 Å². The summed E-state index contributed by atoms with van der Waals surface area (Å²) in [4.78, 5) is 23.3. The van der Waals surface area contributed by atoms with Gasteiger partial charge < -0.3 is 20.5 Å². The SMILES string of the molecule is CNC(=O)Oc1ccc2c3c(n(C(=O)O)c2c1)C=CNCC3(C)C. The highest BCUT2D eigenvalue weighted by atomic mass is 16.5. The van der Waals surface area contributed by atoms with Crippen LogP contribution >= 0.6 is 0 Å². The van der Waals surface area contributed by atoms with E-state index < -0.39 is 12.2 Å². The molecule has 3 N–H and O–H groups in total. The van der Waals surface area contributed by atoms with E-state index in [-0.39, 0.29) is 11.2 Å². The Hall–Kier alpha value is -2.96. The van der Waals surface area contributed by atoms with E-state index in [0.717, 1.165) is 10.9 Å². The Morgan fingerprint density at radius 3 is 2.79 bits per heavy atom. The standard InChI is InChI=1S/C17H19N3O4/c1-17(2)9-19-7-6-12-14(17)11-5-4-10(24-15(21)18-3)8-13(11)20(12)16(22)23/h4-8,19H,9H2,1-3H3,(H,18,21)(H,22,23). The minimum Gasteiger partial charge on any atom is -0.464 e. The number of nitrogens with zero attached hydrogens (tertiary/aromatic N) is 1. The van der Waals surface area contributed by atoms with Crippen LogP contribution < -0.4 is 15.4 Å². The molecule has 0 bridgehead atoms. The molecule has 0 unspecified atom stereocenters. The molecule has 24 heavy (non-hydrogen) atoms. The van der Waals surface area contributed by atoms with E-state index in [4.69, 9.17) is 4.74 Å². The van der Waals surface area contributed by atoms with E-state index in [1.54, 1.807) is 30.5 Å². The average molecular weight is 329 g/mol. The largest absolute Gasteiger partial charge is 0.464 e. The first kappa shape index (κ1) is 15.9. The predicted octanol–water partition coefficient (Wildman–Crippen LogP) is 2.74. The highest BCUT2D eigenvalue weighted by Crippen LogP contribution is 2.38. The summed E-state index contributed by atoms with van der Waals surface area (Å²) in [6.45, 7) is 4.81. The van der Waals surface area contributed by atoms with E-state index in [1.165, 1.54) is 11.6 Å². The van der Waals surface area contributed by atoms with Gasteiger partial charge in [-0.25, -0.2) is 14.2 Å². The van der Waals surface area contributed by atoms with Gasteiger partial charge in [0.2, 0.25) is 0 Å². The summed E-state index contributed by atoms with van der Waals surface area (Å²) in [5, 5.41) is 16.1. The lowest BCUT2D eigenvalue weighted by atomic mass is 9.83.